The first-order valence-electron chi connectivity index (χ1n) is 9.40. The SMILES string of the molecule is CCNS(=O)(=O)c1ccc(CCC(=O)Nc2cc(C(=O)OC)cc(C(=O)OC)c2)cc1. The van der Waals surface area contributed by atoms with Crippen LogP contribution < -0.4 is 10.0 Å². The van der Waals surface area contributed by atoms with Gasteiger partial charge in [-0.2, -0.15) is 0 Å². The zero-order valence-electron chi connectivity index (χ0n) is 17.4. The Kier molecular flexibility index (Phi) is 8.29. The molecule has 31 heavy (non-hydrogen) atoms. The van der Waals surface area contributed by atoms with Gasteiger partial charge in [0.2, 0.25) is 15.9 Å². The fraction of sp³-hybridized carbons (Fsp3) is 0.286. The summed E-state index contributed by atoms with van der Waals surface area (Å²) in [4.78, 5) is 36.2. The van der Waals surface area contributed by atoms with Gasteiger partial charge >= 0.3 is 11.9 Å². The Hall–Kier alpha value is -3.24. The van der Waals surface area contributed by atoms with Gasteiger partial charge in [0.25, 0.3) is 0 Å². The quantitative estimate of drug-likeness (QED) is 0.563. The largest absolute Gasteiger partial charge is 0.465 e. The molecule has 2 rings (SSSR count). The molecule has 0 unspecified atom stereocenters. The lowest BCUT2D eigenvalue weighted by Crippen LogP contribution is -2.23. The smallest absolute Gasteiger partial charge is 0.337 e. The summed E-state index contributed by atoms with van der Waals surface area (Å²) in [5.41, 5.74) is 1.22. The van der Waals surface area contributed by atoms with E-state index < -0.39 is 22.0 Å². The van der Waals surface area contributed by atoms with Crippen molar-refractivity contribution >= 4 is 33.6 Å². The molecule has 0 bridgehead atoms. The molecule has 2 aromatic carbocycles. The summed E-state index contributed by atoms with van der Waals surface area (Å²) in [7, 11) is -1.11. The highest BCUT2D eigenvalue weighted by atomic mass is 32.2. The number of sulfonamides is 1. The molecule has 1 amide bonds. The van der Waals surface area contributed by atoms with Gasteiger partial charge < -0.3 is 14.8 Å². The van der Waals surface area contributed by atoms with Crippen molar-refractivity contribution in [2.45, 2.75) is 24.7 Å². The van der Waals surface area contributed by atoms with Crippen LogP contribution in [0.25, 0.3) is 0 Å². The van der Waals surface area contributed by atoms with Gasteiger partial charge in [-0.05, 0) is 42.3 Å². The van der Waals surface area contributed by atoms with Gasteiger partial charge in [0.1, 0.15) is 0 Å². The number of nitrogens with one attached hydrogen (secondary N) is 2. The third kappa shape index (κ3) is 6.63. The highest BCUT2D eigenvalue weighted by Crippen LogP contribution is 2.18. The fourth-order valence-electron chi connectivity index (χ4n) is 2.76. The Bertz CT molecular complexity index is 1030. The summed E-state index contributed by atoms with van der Waals surface area (Å²) < 4.78 is 35.7. The van der Waals surface area contributed by atoms with Gasteiger partial charge in [0, 0.05) is 18.7 Å². The van der Waals surface area contributed by atoms with Gasteiger partial charge in [0.15, 0.2) is 0 Å². The average Bonchev–Trinajstić information content (AvgIpc) is 2.76. The molecule has 0 fully saturated rings. The van der Waals surface area contributed by atoms with Crippen molar-refractivity contribution in [3.63, 3.8) is 0 Å². The van der Waals surface area contributed by atoms with Gasteiger partial charge in [-0.1, -0.05) is 19.1 Å². The summed E-state index contributed by atoms with van der Waals surface area (Å²) in [6, 6.07) is 10.4. The van der Waals surface area contributed by atoms with Crippen molar-refractivity contribution < 1.29 is 32.3 Å². The number of methoxy groups -OCH3 is 2. The summed E-state index contributed by atoms with van der Waals surface area (Å²) in [6.45, 7) is 1.98. The van der Waals surface area contributed by atoms with Gasteiger partial charge in [-0.25, -0.2) is 22.7 Å². The topological polar surface area (TPSA) is 128 Å². The molecule has 9 nitrogen and oxygen atoms in total. The number of ether oxygens (including phenoxy) is 2. The zero-order valence-corrected chi connectivity index (χ0v) is 18.2. The van der Waals surface area contributed by atoms with Crippen molar-refractivity contribution in [3.05, 3.63) is 59.2 Å². The fourth-order valence-corrected chi connectivity index (χ4v) is 3.80. The standard InChI is InChI=1S/C21H24N2O7S/c1-4-22-31(27,28)18-8-5-14(6-9-18)7-10-19(24)23-17-12-15(20(25)29-2)11-16(13-17)21(26)30-3/h5-6,8-9,11-13,22H,4,7,10H2,1-3H3,(H,23,24). The number of esters is 2. The van der Waals surface area contributed by atoms with Gasteiger partial charge in [-0.15, -0.1) is 0 Å². The Morgan fingerprint density at radius 2 is 1.45 bits per heavy atom. The molecule has 2 aromatic rings. The van der Waals surface area contributed by atoms with E-state index in [4.69, 9.17) is 0 Å². The molecule has 0 atom stereocenters. The number of hydrogen-bond donors (Lipinski definition) is 2. The van der Waals surface area contributed by atoms with E-state index in [1.807, 2.05) is 0 Å². The van der Waals surface area contributed by atoms with Crippen LogP contribution in [-0.4, -0.2) is 47.0 Å². The van der Waals surface area contributed by atoms with Crippen molar-refractivity contribution in [1.82, 2.24) is 4.72 Å². The highest BCUT2D eigenvalue weighted by Gasteiger charge is 2.15. The van der Waals surface area contributed by atoms with Crippen LogP contribution >= 0.6 is 0 Å². The lowest BCUT2D eigenvalue weighted by Gasteiger charge is -2.10. The minimum Gasteiger partial charge on any atom is -0.465 e. The number of amides is 1. The number of aryl methyl sites for hydroxylation is 1. The van der Waals surface area contributed by atoms with E-state index in [1.54, 1.807) is 19.1 Å². The molecule has 10 heteroatoms. The second kappa shape index (κ2) is 10.7. The average molecular weight is 448 g/mol. The highest BCUT2D eigenvalue weighted by molar-refractivity contribution is 7.89. The molecule has 0 radical (unpaired) electrons. The summed E-state index contributed by atoms with van der Waals surface area (Å²) in [5.74, 6) is -1.66. The van der Waals surface area contributed by atoms with Crippen LogP contribution in [0.4, 0.5) is 5.69 Å². The normalized spacial score (nSPS) is 10.9. The Balaban J connectivity index is 2.07. The van der Waals surface area contributed by atoms with Crippen LogP contribution in [0.15, 0.2) is 47.4 Å². The third-order valence-electron chi connectivity index (χ3n) is 4.27. The number of rotatable bonds is 9. The first-order chi connectivity index (χ1) is 14.7. The third-order valence-corrected chi connectivity index (χ3v) is 5.83. The van der Waals surface area contributed by atoms with E-state index in [0.717, 1.165) is 5.56 Å². The van der Waals surface area contributed by atoms with Crippen molar-refractivity contribution in [2.24, 2.45) is 0 Å². The Morgan fingerprint density at radius 1 is 0.903 bits per heavy atom. The van der Waals surface area contributed by atoms with E-state index in [-0.39, 0.29) is 34.0 Å². The molecule has 0 aliphatic heterocycles. The lowest BCUT2D eigenvalue weighted by molar-refractivity contribution is -0.116. The van der Waals surface area contributed by atoms with Gasteiger partial charge in [-0.3, -0.25) is 4.79 Å². The summed E-state index contributed by atoms with van der Waals surface area (Å²) in [5, 5.41) is 2.64. The van der Waals surface area contributed by atoms with Crippen LogP contribution in [0.2, 0.25) is 0 Å². The second-order valence-corrected chi connectivity index (χ2v) is 8.24. The molecule has 166 valence electrons. The molecular weight excluding hydrogens is 424 g/mol. The molecule has 0 heterocycles. The first kappa shape index (κ1) is 24.0. The number of hydrogen-bond acceptors (Lipinski definition) is 7. The number of carbonyl (C=O) groups is 3. The number of anilines is 1. The molecule has 0 aromatic heterocycles. The predicted molar refractivity (Wildman–Crippen MR) is 113 cm³/mol. The van der Waals surface area contributed by atoms with E-state index in [1.165, 1.54) is 44.6 Å². The Morgan fingerprint density at radius 3 is 1.94 bits per heavy atom. The molecule has 0 saturated heterocycles. The zero-order chi connectivity index (χ0) is 23.0. The van der Waals surface area contributed by atoms with E-state index in [0.29, 0.717) is 13.0 Å². The predicted octanol–water partition coefficient (Wildman–Crippen LogP) is 2.13. The summed E-state index contributed by atoms with van der Waals surface area (Å²) in [6.07, 6.45) is 0.475. The van der Waals surface area contributed by atoms with Crippen LogP contribution in [0, 0.1) is 0 Å². The van der Waals surface area contributed by atoms with E-state index in [9.17, 15) is 22.8 Å². The minimum absolute atomic E-state index is 0.0955. The molecule has 0 spiro atoms. The lowest BCUT2D eigenvalue weighted by atomic mass is 10.1. The van der Waals surface area contributed by atoms with Crippen molar-refractivity contribution in [2.75, 3.05) is 26.1 Å². The summed E-state index contributed by atoms with van der Waals surface area (Å²) >= 11 is 0. The second-order valence-electron chi connectivity index (χ2n) is 6.48. The van der Waals surface area contributed by atoms with Crippen LogP contribution in [0.3, 0.4) is 0 Å². The molecule has 0 aliphatic carbocycles. The van der Waals surface area contributed by atoms with Crippen LogP contribution in [-0.2, 0) is 30.7 Å². The van der Waals surface area contributed by atoms with Crippen LogP contribution in [0.5, 0.6) is 0 Å². The minimum atomic E-state index is -3.53. The maximum absolute atomic E-state index is 12.3. The first-order valence-corrected chi connectivity index (χ1v) is 10.9. The number of carbonyl (C=O) groups excluding carboxylic acids is 3. The molecule has 0 aliphatic rings. The number of benzene rings is 2. The van der Waals surface area contributed by atoms with E-state index in [2.05, 4.69) is 19.5 Å². The monoisotopic (exact) mass is 448 g/mol. The van der Waals surface area contributed by atoms with Gasteiger partial charge in [0.05, 0.1) is 30.2 Å². The van der Waals surface area contributed by atoms with Crippen molar-refractivity contribution in [3.8, 4) is 0 Å². The maximum Gasteiger partial charge on any atom is 0.337 e. The molecular formula is C21H24N2O7S. The molecule has 0 saturated carbocycles. The molecule has 2 N–H and O–H groups in total. The van der Waals surface area contributed by atoms with Crippen molar-refractivity contribution in [1.29, 1.82) is 0 Å². The maximum atomic E-state index is 12.3. The Labute approximate surface area is 180 Å². The van der Waals surface area contributed by atoms with Crippen LogP contribution in [0.1, 0.15) is 39.6 Å². The van der Waals surface area contributed by atoms with E-state index >= 15 is 0 Å².